The number of sulfonamides is 1. The molecular weight excluding hydrogens is 342 g/mol. The number of aryl methyl sites for hydroxylation is 1. The average molecular weight is 364 g/mol. The predicted molar refractivity (Wildman–Crippen MR) is 84.1 cm³/mol. The minimum atomic E-state index is -3.57. The van der Waals surface area contributed by atoms with Crippen LogP contribution >= 0.6 is 15.9 Å². The van der Waals surface area contributed by atoms with Gasteiger partial charge in [-0.2, -0.15) is 0 Å². The fourth-order valence-electron chi connectivity index (χ4n) is 1.98. The van der Waals surface area contributed by atoms with Crippen molar-refractivity contribution in [1.29, 1.82) is 0 Å². The predicted octanol–water partition coefficient (Wildman–Crippen LogP) is 2.96. The van der Waals surface area contributed by atoms with Crippen molar-refractivity contribution in [2.24, 2.45) is 5.92 Å². The van der Waals surface area contributed by atoms with E-state index in [1.807, 2.05) is 6.92 Å². The van der Waals surface area contributed by atoms with Gasteiger partial charge in [0.2, 0.25) is 10.0 Å². The molecule has 1 rings (SSSR count). The summed E-state index contributed by atoms with van der Waals surface area (Å²) in [6, 6.07) is 3.27. The van der Waals surface area contributed by atoms with Crippen LogP contribution in [0.2, 0.25) is 0 Å². The molecule has 0 fully saturated rings. The van der Waals surface area contributed by atoms with Crippen molar-refractivity contribution >= 4 is 26.0 Å². The molecule has 0 saturated carbocycles. The van der Waals surface area contributed by atoms with Crippen LogP contribution in [0.3, 0.4) is 0 Å². The summed E-state index contributed by atoms with van der Waals surface area (Å²) >= 11 is 3.32. The molecule has 1 aromatic rings. The van der Waals surface area contributed by atoms with Crippen LogP contribution in [0, 0.1) is 12.8 Å². The Kier molecular flexibility index (Phi) is 6.64. The lowest BCUT2D eigenvalue weighted by Gasteiger charge is -2.15. The second kappa shape index (κ2) is 7.54. The Bertz CT molecular complexity index is 554. The maximum atomic E-state index is 12.4. The Morgan fingerprint density at radius 1 is 1.30 bits per heavy atom. The van der Waals surface area contributed by atoms with Gasteiger partial charge in [0.25, 0.3) is 0 Å². The van der Waals surface area contributed by atoms with Crippen LogP contribution in [-0.4, -0.2) is 20.1 Å². The van der Waals surface area contributed by atoms with Gasteiger partial charge in [-0.25, -0.2) is 13.1 Å². The van der Waals surface area contributed by atoms with E-state index in [1.165, 1.54) is 6.07 Å². The molecule has 114 valence electrons. The Morgan fingerprint density at radius 3 is 2.40 bits per heavy atom. The smallest absolute Gasteiger partial charge is 0.241 e. The third-order valence-corrected chi connectivity index (χ3v) is 6.23. The maximum absolute atomic E-state index is 12.4. The van der Waals surface area contributed by atoms with E-state index >= 15 is 0 Å². The summed E-state index contributed by atoms with van der Waals surface area (Å²) in [7, 11) is -3.57. The average Bonchev–Trinajstić information content (AvgIpc) is 2.42. The molecule has 4 nitrogen and oxygen atoms in total. The molecule has 0 aliphatic carbocycles. The van der Waals surface area contributed by atoms with Gasteiger partial charge < -0.3 is 5.11 Å². The second-order valence-electron chi connectivity index (χ2n) is 4.92. The van der Waals surface area contributed by atoms with E-state index in [0.29, 0.717) is 22.5 Å². The lowest BCUT2D eigenvalue weighted by molar-refractivity contribution is 0.281. The van der Waals surface area contributed by atoms with E-state index < -0.39 is 10.0 Å². The van der Waals surface area contributed by atoms with Crippen molar-refractivity contribution in [3.8, 4) is 0 Å². The molecule has 0 aliphatic heterocycles. The normalized spacial score (nSPS) is 12.1. The highest BCUT2D eigenvalue weighted by Crippen LogP contribution is 2.27. The Morgan fingerprint density at radius 2 is 1.90 bits per heavy atom. The van der Waals surface area contributed by atoms with E-state index in [9.17, 15) is 13.5 Å². The summed E-state index contributed by atoms with van der Waals surface area (Å²) in [5, 5.41) is 9.21. The molecule has 0 unspecified atom stereocenters. The van der Waals surface area contributed by atoms with Gasteiger partial charge in [0.05, 0.1) is 11.5 Å². The lowest BCUT2D eigenvalue weighted by atomic mass is 10.0. The van der Waals surface area contributed by atoms with Crippen LogP contribution in [0.1, 0.15) is 37.8 Å². The topological polar surface area (TPSA) is 66.4 Å². The van der Waals surface area contributed by atoms with Gasteiger partial charge in [-0.05, 0) is 46.0 Å². The molecular formula is C14H22BrNO3S. The molecule has 20 heavy (non-hydrogen) atoms. The van der Waals surface area contributed by atoms with Gasteiger partial charge in [-0.15, -0.1) is 0 Å². The summed E-state index contributed by atoms with van der Waals surface area (Å²) in [4.78, 5) is 0.188. The van der Waals surface area contributed by atoms with Gasteiger partial charge in [0.1, 0.15) is 0 Å². The zero-order valence-corrected chi connectivity index (χ0v) is 14.5. The number of hydrogen-bond acceptors (Lipinski definition) is 3. The van der Waals surface area contributed by atoms with Crippen LogP contribution in [0.4, 0.5) is 0 Å². The first kappa shape index (κ1) is 17.6. The summed E-state index contributed by atoms with van der Waals surface area (Å²) < 4.78 is 28.0. The van der Waals surface area contributed by atoms with Crippen molar-refractivity contribution in [3.63, 3.8) is 0 Å². The van der Waals surface area contributed by atoms with Crippen LogP contribution < -0.4 is 4.72 Å². The molecule has 6 heteroatoms. The van der Waals surface area contributed by atoms with Crippen molar-refractivity contribution < 1.29 is 13.5 Å². The molecule has 0 radical (unpaired) electrons. The number of rotatable bonds is 7. The van der Waals surface area contributed by atoms with Crippen LogP contribution in [-0.2, 0) is 16.6 Å². The first-order valence-electron chi connectivity index (χ1n) is 6.75. The molecule has 0 heterocycles. The van der Waals surface area contributed by atoms with Gasteiger partial charge in [0, 0.05) is 11.0 Å². The quantitative estimate of drug-likeness (QED) is 0.782. The third-order valence-electron chi connectivity index (χ3n) is 3.47. The zero-order chi connectivity index (χ0) is 15.3. The molecule has 0 aliphatic rings. The van der Waals surface area contributed by atoms with E-state index in [4.69, 9.17) is 0 Å². The molecule has 1 aromatic carbocycles. The number of nitrogens with one attached hydrogen (secondary N) is 1. The number of aliphatic hydroxyl groups is 1. The molecule has 0 spiro atoms. The van der Waals surface area contributed by atoms with Crippen LogP contribution in [0.15, 0.2) is 21.5 Å². The standard InChI is InChI=1S/C14H22BrNO3S/c1-4-11(5-2)8-16-20(18,19)13-7-12(9-17)6-10(3)14(13)15/h6-7,11,16-17H,4-5,8-9H2,1-3H3. The fourth-order valence-corrected chi connectivity index (χ4v) is 4.16. The summed E-state index contributed by atoms with van der Waals surface area (Å²) in [6.07, 6.45) is 1.88. The maximum Gasteiger partial charge on any atom is 0.241 e. The highest BCUT2D eigenvalue weighted by atomic mass is 79.9. The minimum Gasteiger partial charge on any atom is -0.392 e. The number of halogens is 1. The first-order chi connectivity index (χ1) is 9.35. The van der Waals surface area contributed by atoms with E-state index in [-0.39, 0.29) is 11.5 Å². The van der Waals surface area contributed by atoms with Crippen molar-refractivity contribution in [1.82, 2.24) is 4.72 Å². The fraction of sp³-hybridized carbons (Fsp3) is 0.571. The van der Waals surface area contributed by atoms with E-state index in [1.54, 1.807) is 6.07 Å². The molecule has 0 saturated heterocycles. The zero-order valence-electron chi connectivity index (χ0n) is 12.1. The molecule has 0 atom stereocenters. The molecule has 0 aromatic heterocycles. The van der Waals surface area contributed by atoms with Crippen molar-refractivity contribution in [3.05, 3.63) is 27.7 Å². The van der Waals surface area contributed by atoms with E-state index in [0.717, 1.165) is 18.4 Å². The summed E-state index contributed by atoms with van der Waals surface area (Å²) in [5.74, 6) is 0.339. The monoisotopic (exact) mass is 363 g/mol. The van der Waals surface area contributed by atoms with Gasteiger partial charge >= 0.3 is 0 Å². The van der Waals surface area contributed by atoms with E-state index in [2.05, 4.69) is 34.5 Å². The highest BCUT2D eigenvalue weighted by Gasteiger charge is 2.20. The first-order valence-corrected chi connectivity index (χ1v) is 9.02. The number of aliphatic hydroxyl groups excluding tert-OH is 1. The Balaban J connectivity index is 3.06. The van der Waals surface area contributed by atoms with Crippen LogP contribution in [0.5, 0.6) is 0 Å². The SMILES string of the molecule is CCC(CC)CNS(=O)(=O)c1cc(CO)cc(C)c1Br. The number of benzene rings is 1. The lowest BCUT2D eigenvalue weighted by Crippen LogP contribution is -2.29. The van der Waals surface area contributed by atoms with Gasteiger partial charge in [0.15, 0.2) is 0 Å². The third kappa shape index (κ3) is 4.28. The summed E-state index contributed by atoms with van der Waals surface area (Å²) in [6.45, 7) is 6.17. The molecule has 0 bridgehead atoms. The highest BCUT2D eigenvalue weighted by molar-refractivity contribution is 9.10. The minimum absolute atomic E-state index is 0.177. The number of hydrogen-bond donors (Lipinski definition) is 2. The Hall–Kier alpha value is -0.430. The Labute approximate surface area is 129 Å². The summed E-state index contributed by atoms with van der Waals surface area (Å²) in [5.41, 5.74) is 1.38. The largest absolute Gasteiger partial charge is 0.392 e. The molecule has 0 amide bonds. The van der Waals surface area contributed by atoms with Gasteiger partial charge in [-0.1, -0.05) is 32.8 Å². The van der Waals surface area contributed by atoms with Gasteiger partial charge in [-0.3, -0.25) is 0 Å². The molecule has 2 N–H and O–H groups in total. The van der Waals surface area contributed by atoms with Crippen molar-refractivity contribution in [2.75, 3.05) is 6.54 Å². The van der Waals surface area contributed by atoms with Crippen LogP contribution in [0.25, 0.3) is 0 Å². The second-order valence-corrected chi connectivity index (χ2v) is 7.45. The van der Waals surface area contributed by atoms with Crippen molar-refractivity contribution in [2.45, 2.75) is 45.1 Å².